The van der Waals surface area contributed by atoms with Crippen molar-refractivity contribution in [3.63, 3.8) is 0 Å². The van der Waals surface area contributed by atoms with Crippen LogP contribution in [0.4, 0.5) is 13.2 Å². The Morgan fingerprint density at radius 3 is 2.17 bits per heavy atom. The van der Waals surface area contributed by atoms with E-state index in [1.54, 1.807) is 0 Å². The van der Waals surface area contributed by atoms with E-state index in [9.17, 15) is 23.1 Å². The summed E-state index contributed by atoms with van der Waals surface area (Å²) in [6.45, 7) is 2.30. The van der Waals surface area contributed by atoms with Gasteiger partial charge in [-0.2, -0.15) is 13.2 Å². The molecular formula is C12H13F3O3. The highest BCUT2D eigenvalue weighted by Gasteiger charge is 2.39. The van der Waals surface area contributed by atoms with E-state index in [2.05, 4.69) is 0 Å². The minimum Gasteiger partial charge on any atom is -0.427 e. The first-order valence-corrected chi connectivity index (χ1v) is 5.18. The van der Waals surface area contributed by atoms with Gasteiger partial charge in [-0.15, -0.1) is 0 Å². The van der Waals surface area contributed by atoms with E-state index < -0.39 is 24.2 Å². The summed E-state index contributed by atoms with van der Waals surface area (Å²) in [5.74, 6) is -0.307. The Morgan fingerprint density at radius 1 is 1.28 bits per heavy atom. The van der Waals surface area contributed by atoms with Crippen molar-refractivity contribution >= 4 is 5.97 Å². The van der Waals surface area contributed by atoms with Gasteiger partial charge in [0.15, 0.2) is 0 Å². The fraction of sp³-hybridized carbons (Fsp3) is 0.417. The molecule has 0 spiro atoms. The van der Waals surface area contributed by atoms with Crippen molar-refractivity contribution in [2.45, 2.75) is 32.0 Å². The van der Waals surface area contributed by atoms with Crippen LogP contribution in [0.25, 0.3) is 0 Å². The molecule has 18 heavy (non-hydrogen) atoms. The molecule has 1 aromatic carbocycles. The smallest absolute Gasteiger partial charge is 0.392 e. The van der Waals surface area contributed by atoms with Crippen LogP contribution in [0.5, 0.6) is 5.75 Å². The summed E-state index contributed by atoms with van der Waals surface area (Å²) in [4.78, 5) is 10.7. The van der Waals surface area contributed by atoms with Crippen molar-refractivity contribution in [2.75, 3.05) is 0 Å². The lowest BCUT2D eigenvalue weighted by atomic mass is 9.92. The lowest BCUT2D eigenvalue weighted by Crippen LogP contribution is -2.28. The number of halogens is 3. The Balaban J connectivity index is 2.87. The third-order valence-electron chi connectivity index (χ3n) is 2.28. The van der Waals surface area contributed by atoms with E-state index in [0.29, 0.717) is 0 Å². The van der Waals surface area contributed by atoms with Crippen molar-refractivity contribution in [3.05, 3.63) is 29.8 Å². The van der Waals surface area contributed by atoms with Crippen molar-refractivity contribution in [1.82, 2.24) is 0 Å². The first-order chi connectivity index (χ1) is 8.10. The standard InChI is InChI=1S/C12H13F3O3/c1-8(16)18-10-5-3-9(4-6-10)11(2,17)7-12(13,14)15/h3-6,17H,7H2,1-2H3. The molecule has 0 heterocycles. The predicted molar refractivity (Wildman–Crippen MR) is 58.0 cm³/mol. The lowest BCUT2D eigenvalue weighted by Gasteiger charge is -2.25. The van der Waals surface area contributed by atoms with E-state index in [0.717, 1.165) is 6.92 Å². The SMILES string of the molecule is CC(=O)Oc1ccc(C(C)(O)CC(F)(F)F)cc1. The number of carbonyl (C=O) groups excluding carboxylic acids is 1. The number of rotatable bonds is 3. The molecule has 1 rings (SSSR count). The van der Waals surface area contributed by atoms with Crippen LogP contribution in [0.3, 0.4) is 0 Å². The van der Waals surface area contributed by atoms with Gasteiger partial charge < -0.3 is 9.84 Å². The summed E-state index contributed by atoms with van der Waals surface area (Å²) in [5, 5.41) is 9.77. The summed E-state index contributed by atoms with van der Waals surface area (Å²) < 4.78 is 41.5. The molecule has 3 nitrogen and oxygen atoms in total. The van der Waals surface area contributed by atoms with E-state index in [1.807, 2.05) is 0 Å². The van der Waals surface area contributed by atoms with Gasteiger partial charge in [-0.1, -0.05) is 12.1 Å². The molecule has 0 amide bonds. The molecule has 1 N–H and O–H groups in total. The highest BCUT2D eigenvalue weighted by atomic mass is 19.4. The maximum Gasteiger partial charge on any atom is 0.392 e. The number of ether oxygens (including phenoxy) is 1. The van der Waals surface area contributed by atoms with Crippen LogP contribution >= 0.6 is 0 Å². The zero-order chi connectivity index (χ0) is 14.0. The van der Waals surface area contributed by atoms with E-state index in [-0.39, 0.29) is 11.3 Å². The minimum absolute atomic E-state index is 0.107. The Bertz CT molecular complexity index is 421. The summed E-state index contributed by atoms with van der Waals surface area (Å²) >= 11 is 0. The van der Waals surface area contributed by atoms with Gasteiger partial charge in [-0.3, -0.25) is 4.79 Å². The molecule has 0 aromatic heterocycles. The second-order valence-electron chi connectivity index (χ2n) is 4.18. The molecular weight excluding hydrogens is 249 g/mol. The average molecular weight is 262 g/mol. The van der Waals surface area contributed by atoms with Crippen LogP contribution in [0.2, 0.25) is 0 Å². The summed E-state index contributed by atoms with van der Waals surface area (Å²) in [5.41, 5.74) is -1.90. The van der Waals surface area contributed by atoms with Crippen LogP contribution in [0.1, 0.15) is 25.8 Å². The molecule has 1 unspecified atom stereocenters. The Labute approximate surface area is 102 Å². The van der Waals surface area contributed by atoms with E-state index in [4.69, 9.17) is 4.74 Å². The average Bonchev–Trinajstić information content (AvgIpc) is 2.13. The zero-order valence-electron chi connectivity index (χ0n) is 9.91. The molecule has 0 saturated carbocycles. The van der Waals surface area contributed by atoms with Crippen molar-refractivity contribution in [3.8, 4) is 5.75 Å². The van der Waals surface area contributed by atoms with Crippen molar-refractivity contribution in [2.24, 2.45) is 0 Å². The first kappa shape index (κ1) is 14.5. The second kappa shape index (κ2) is 4.97. The van der Waals surface area contributed by atoms with Crippen LogP contribution < -0.4 is 4.74 Å². The number of aliphatic hydroxyl groups is 1. The van der Waals surface area contributed by atoms with Gasteiger partial charge in [0.25, 0.3) is 0 Å². The van der Waals surface area contributed by atoms with Gasteiger partial charge in [-0.25, -0.2) is 0 Å². The molecule has 0 bridgehead atoms. The second-order valence-corrected chi connectivity index (χ2v) is 4.18. The number of benzene rings is 1. The first-order valence-electron chi connectivity index (χ1n) is 5.18. The minimum atomic E-state index is -4.46. The Morgan fingerprint density at radius 2 is 1.78 bits per heavy atom. The molecule has 0 aliphatic heterocycles. The van der Waals surface area contributed by atoms with Crippen molar-refractivity contribution < 1.29 is 27.8 Å². The fourth-order valence-corrected chi connectivity index (χ4v) is 1.54. The molecule has 1 aromatic rings. The van der Waals surface area contributed by atoms with Gasteiger partial charge in [0.1, 0.15) is 5.75 Å². The number of hydrogen-bond acceptors (Lipinski definition) is 3. The van der Waals surface area contributed by atoms with Crippen LogP contribution in [-0.4, -0.2) is 17.3 Å². The number of alkyl halides is 3. The van der Waals surface area contributed by atoms with Gasteiger partial charge in [0, 0.05) is 6.92 Å². The topological polar surface area (TPSA) is 46.5 Å². The monoisotopic (exact) mass is 262 g/mol. The molecule has 0 saturated heterocycles. The molecule has 6 heteroatoms. The van der Waals surface area contributed by atoms with Crippen LogP contribution in [0.15, 0.2) is 24.3 Å². The van der Waals surface area contributed by atoms with Gasteiger partial charge in [0.2, 0.25) is 0 Å². The molecule has 0 radical (unpaired) electrons. The van der Waals surface area contributed by atoms with Gasteiger partial charge in [-0.05, 0) is 24.6 Å². The highest BCUT2D eigenvalue weighted by molar-refractivity contribution is 5.69. The third-order valence-corrected chi connectivity index (χ3v) is 2.28. The van der Waals surface area contributed by atoms with Gasteiger partial charge >= 0.3 is 12.1 Å². The Hall–Kier alpha value is -1.56. The lowest BCUT2D eigenvalue weighted by molar-refractivity contribution is -0.174. The van der Waals surface area contributed by atoms with Crippen LogP contribution in [-0.2, 0) is 10.4 Å². The fourth-order valence-electron chi connectivity index (χ4n) is 1.54. The largest absolute Gasteiger partial charge is 0.427 e. The van der Waals surface area contributed by atoms with Gasteiger partial charge in [0.05, 0.1) is 12.0 Å². The number of esters is 1. The molecule has 100 valence electrons. The zero-order valence-corrected chi connectivity index (χ0v) is 9.91. The summed E-state index contributed by atoms with van der Waals surface area (Å²) in [7, 11) is 0. The highest BCUT2D eigenvalue weighted by Crippen LogP contribution is 2.34. The van der Waals surface area contributed by atoms with Crippen LogP contribution in [0, 0.1) is 0 Å². The molecule has 0 aliphatic rings. The van der Waals surface area contributed by atoms with E-state index in [1.165, 1.54) is 31.2 Å². The quantitative estimate of drug-likeness (QED) is 0.673. The maximum absolute atomic E-state index is 12.3. The number of hydrogen-bond donors (Lipinski definition) is 1. The molecule has 1 atom stereocenters. The summed E-state index contributed by atoms with van der Waals surface area (Å²) in [6.07, 6.45) is -5.80. The molecule has 0 aliphatic carbocycles. The van der Waals surface area contributed by atoms with Crippen molar-refractivity contribution in [1.29, 1.82) is 0 Å². The van der Waals surface area contributed by atoms with E-state index >= 15 is 0 Å². The molecule has 0 fully saturated rings. The number of carbonyl (C=O) groups is 1. The third kappa shape index (κ3) is 4.37. The predicted octanol–water partition coefficient (Wildman–Crippen LogP) is 2.77. The Kier molecular flexibility index (Phi) is 4.01. The summed E-state index contributed by atoms with van der Waals surface area (Å²) in [6, 6.07) is 5.26. The maximum atomic E-state index is 12.3. The normalized spacial score (nSPS) is 15.0.